The fourth-order valence-electron chi connectivity index (χ4n) is 0.716. The number of rotatable bonds is 0. The largest absolute Gasteiger partial charge is 0.380 e. The van der Waals surface area contributed by atoms with Crippen molar-refractivity contribution in [2.45, 2.75) is 6.42 Å². The molecule has 0 amide bonds. The Hall–Kier alpha value is -0.150. The molecule has 0 aromatic rings. The van der Waals surface area contributed by atoms with E-state index in [1.165, 1.54) is 0 Å². The van der Waals surface area contributed by atoms with Crippen LogP contribution in [0.2, 0.25) is 0 Å². The van der Waals surface area contributed by atoms with Crippen LogP contribution in [-0.4, -0.2) is 31.4 Å². The fraction of sp³-hybridized carbons (Fsp3) is 1.00. The number of hydrogen-bond donors (Lipinski definition) is 0. The monoisotopic (exact) mass is 119 g/mol. The van der Waals surface area contributed by atoms with Gasteiger partial charge in [0.25, 0.3) is 0 Å². The standard InChI is InChI=1S/C5H10FNO/c6-7-2-1-4-8-5-3-7/h1-5H2. The third-order valence-electron chi connectivity index (χ3n) is 1.17. The average molecular weight is 119 g/mol. The third kappa shape index (κ3) is 1.76. The third-order valence-corrected chi connectivity index (χ3v) is 1.17. The molecule has 1 fully saturated rings. The molecular formula is C5H10FNO. The molecule has 1 saturated heterocycles. The van der Waals surface area contributed by atoms with Gasteiger partial charge in [0.15, 0.2) is 0 Å². The van der Waals surface area contributed by atoms with Gasteiger partial charge in [-0.2, -0.15) is 0 Å². The van der Waals surface area contributed by atoms with Gasteiger partial charge in [-0.15, -0.1) is 9.60 Å². The highest BCUT2D eigenvalue weighted by atomic mass is 19.2. The maximum absolute atomic E-state index is 12.2. The van der Waals surface area contributed by atoms with E-state index >= 15 is 0 Å². The highest BCUT2D eigenvalue weighted by molar-refractivity contribution is 4.49. The summed E-state index contributed by atoms with van der Waals surface area (Å²) in [6.45, 7) is 2.21. The van der Waals surface area contributed by atoms with Gasteiger partial charge >= 0.3 is 0 Å². The Labute approximate surface area is 48.2 Å². The van der Waals surface area contributed by atoms with E-state index in [9.17, 15) is 4.48 Å². The summed E-state index contributed by atoms with van der Waals surface area (Å²) in [5.41, 5.74) is 0. The first kappa shape index (κ1) is 5.98. The molecule has 48 valence electrons. The maximum Gasteiger partial charge on any atom is 0.0619 e. The van der Waals surface area contributed by atoms with Gasteiger partial charge in [-0.05, 0) is 6.42 Å². The summed E-state index contributed by atoms with van der Waals surface area (Å²) in [4.78, 5) is 0. The first-order chi connectivity index (χ1) is 3.89. The molecule has 0 radical (unpaired) electrons. The van der Waals surface area contributed by atoms with Crippen LogP contribution in [0.1, 0.15) is 6.42 Å². The van der Waals surface area contributed by atoms with Crippen molar-refractivity contribution >= 4 is 0 Å². The molecule has 1 aliphatic rings. The van der Waals surface area contributed by atoms with Crippen LogP contribution in [0.5, 0.6) is 0 Å². The molecule has 0 aromatic carbocycles. The van der Waals surface area contributed by atoms with E-state index in [4.69, 9.17) is 4.74 Å². The summed E-state index contributed by atoms with van der Waals surface area (Å²) in [5, 5.41) is 0.799. The second-order valence-corrected chi connectivity index (χ2v) is 1.88. The van der Waals surface area contributed by atoms with Gasteiger partial charge in [-0.3, -0.25) is 0 Å². The zero-order valence-electron chi connectivity index (χ0n) is 4.77. The van der Waals surface area contributed by atoms with E-state index in [2.05, 4.69) is 0 Å². The van der Waals surface area contributed by atoms with Gasteiger partial charge in [0.05, 0.1) is 13.2 Å². The molecule has 0 atom stereocenters. The van der Waals surface area contributed by atoms with E-state index in [0.29, 0.717) is 26.3 Å². The minimum atomic E-state index is 0.431. The summed E-state index contributed by atoms with van der Waals surface area (Å²) >= 11 is 0. The fourth-order valence-corrected chi connectivity index (χ4v) is 0.716. The zero-order chi connectivity index (χ0) is 5.82. The van der Waals surface area contributed by atoms with Crippen LogP contribution in [0.25, 0.3) is 0 Å². The summed E-state index contributed by atoms with van der Waals surface area (Å²) in [7, 11) is 0. The van der Waals surface area contributed by atoms with Gasteiger partial charge < -0.3 is 4.74 Å². The summed E-state index contributed by atoms with van der Waals surface area (Å²) < 4.78 is 17.2. The van der Waals surface area contributed by atoms with Gasteiger partial charge in [0, 0.05) is 13.2 Å². The molecule has 0 aromatic heterocycles. The van der Waals surface area contributed by atoms with Crippen LogP contribution < -0.4 is 0 Å². The van der Waals surface area contributed by atoms with E-state index in [-0.39, 0.29) is 0 Å². The van der Waals surface area contributed by atoms with Crippen LogP contribution in [0, 0.1) is 0 Å². The van der Waals surface area contributed by atoms with Crippen LogP contribution in [0.4, 0.5) is 4.48 Å². The second-order valence-electron chi connectivity index (χ2n) is 1.88. The van der Waals surface area contributed by atoms with E-state index < -0.39 is 0 Å². The molecule has 0 unspecified atom stereocenters. The predicted octanol–water partition coefficient (Wildman–Crippen LogP) is 0.593. The smallest absolute Gasteiger partial charge is 0.0619 e. The van der Waals surface area contributed by atoms with Crippen molar-refractivity contribution < 1.29 is 9.22 Å². The molecule has 1 aliphatic heterocycles. The lowest BCUT2D eigenvalue weighted by Crippen LogP contribution is -2.15. The highest BCUT2D eigenvalue weighted by Gasteiger charge is 2.05. The van der Waals surface area contributed by atoms with Gasteiger partial charge in [-0.1, -0.05) is 0 Å². The average Bonchev–Trinajstić information content (AvgIpc) is 1.94. The molecule has 2 nitrogen and oxygen atoms in total. The Kier molecular flexibility index (Phi) is 2.24. The van der Waals surface area contributed by atoms with Crippen molar-refractivity contribution in [1.82, 2.24) is 5.12 Å². The zero-order valence-corrected chi connectivity index (χ0v) is 4.77. The molecule has 0 aliphatic carbocycles. The Balaban J connectivity index is 2.17. The molecule has 0 bridgehead atoms. The first-order valence-corrected chi connectivity index (χ1v) is 2.88. The van der Waals surface area contributed by atoms with Gasteiger partial charge in [0.1, 0.15) is 0 Å². The number of ether oxygens (including phenoxy) is 1. The molecule has 3 heteroatoms. The van der Waals surface area contributed by atoms with Crippen LogP contribution in [0.15, 0.2) is 0 Å². The predicted molar refractivity (Wildman–Crippen MR) is 28.1 cm³/mol. The molecule has 1 rings (SSSR count). The molecule has 8 heavy (non-hydrogen) atoms. The normalized spacial score (nSPS) is 25.1. The lowest BCUT2D eigenvalue weighted by molar-refractivity contribution is 0.0227. The van der Waals surface area contributed by atoms with Crippen molar-refractivity contribution in [2.75, 3.05) is 26.3 Å². The Morgan fingerprint density at radius 1 is 1.25 bits per heavy atom. The lowest BCUT2D eigenvalue weighted by Gasteiger charge is -2.03. The quantitative estimate of drug-likeness (QED) is 0.433. The summed E-state index contributed by atoms with van der Waals surface area (Å²) in [5.74, 6) is 0. The summed E-state index contributed by atoms with van der Waals surface area (Å²) in [6.07, 6.45) is 0.816. The van der Waals surface area contributed by atoms with Crippen molar-refractivity contribution in [3.05, 3.63) is 0 Å². The number of halogens is 1. The maximum atomic E-state index is 12.2. The Morgan fingerprint density at radius 3 is 3.00 bits per heavy atom. The molecule has 0 saturated carbocycles. The molecule has 1 heterocycles. The van der Waals surface area contributed by atoms with Crippen LogP contribution >= 0.6 is 0 Å². The molecular weight excluding hydrogens is 109 g/mol. The van der Waals surface area contributed by atoms with E-state index in [1.807, 2.05) is 0 Å². The molecule has 0 spiro atoms. The summed E-state index contributed by atoms with van der Waals surface area (Å²) in [6, 6.07) is 0. The minimum absolute atomic E-state index is 0.431. The highest BCUT2D eigenvalue weighted by Crippen LogP contribution is 1.97. The van der Waals surface area contributed by atoms with Crippen molar-refractivity contribution in [2.24, 2.45) is 0 Å². The van der Waals surface area contributed by atoms with Crippen molar-refractivity contribution in [3.8, 4) is 0 Å². The molecule has 0 N–H and O–H groups in total. The van der Waals surface area contributed by atoms with Gasteiger partial charge in [-0.25, -0.2) is 0 Å². The lowest BCUT2D eigenvalue weighted by atomic mass is 10.5. The first-order valence-electron chi connectivity index (χ1n) is 2.88. The van der Waals surface area contributed by atoms with Gasteiger partial charge in [0.2, 0.25) is 0 Å². The van der Waals surface area contributed by atoms with E-state index in [0.717, 1.165) is 11.5 Å². The second kappa shape index (κ2) is 2.99. The van der Waals surface area contributed by atoms with Crippen molar-refractivity contribution in [1.29, 1.82) is 0 Å². The Morgan fingerprint density at radius 2 is 2.12 bits per heavy atom. The van der Waals surface area contributed by atoms with Crippen molar-refractivity contribution in [3.63, 3.8) is 0 Å². The number of hydrogen-bond acceptors (Lipinski definition) is 2. The topological polar surface area (TPSA) is 12.5 Å². The number of nitrogens with zero attached hydrogens (tertiary/aromatic N) is 1. The SMILES string of the molecule is FN1CCCOCC1. The Bertz CT molecular complexity index is 61.4. The van der Waals surface area contributed by atoms with Crippen LogP contribution in [-0.2, 0) is 4.74 Å². The van der Waals surface area contributed by atoms with E-state index in [1.54, 1.807) is 0 Å². The van der Waals surface area contributed by atoms with Crippen LogP contribution in [0.3, 0.4) is 0 Å². The minimum Gasteiger partial charge on any atom is -0.380 e.